The van der Waals surface area contributed by atoms with E-state index in [2.05, 4.69) is 0 Å². The molecule has 0 nitrogen and oxygen atoms in total. The molecule has 0 aliphatic rings. The summed E-state index contributed by atoms with van der Waals surface area (Å²) < 4.78 is 0. The Labute approximate surface area is 74.0 Å². The molecule has 0 fully saturated rings. The molecular weight excluding hydrogens is 158 g/mol. The van der Waals surface area contributed by atoms with Gasteiger partial charge in [-0.05, 0) is 0 Å². The molecule has 1 radical (unpaired) electrons. The Morgan fingerprint density at radius 1 is 1.00 bits per heavy atom. The molecular formula is AlCrMgMn+9. The van der Waals surface area contributed by atoms with Crippen molar-refractivity contribution in [1.82, 2.24) is 0 Å². The predicted molar refractivity (Wildman–Crippen MR) is 11.5 cm³/mol. The zero-order valence-corrected chi connectivity index (χ0v) is 7.10. The van der Waals surface area contributed by atoms with Gasteiger partial charge in [0.15, 0.2) is 0 Å². The molecule has 0 saturated heterocycles. The van der Waals surface area contributed by atoms with Crippen molar-refractivity contribution in [3.63, 3.8) is 0 Å². The fourth-order valence-electron chi connectivity index (χ4n) is 0. The predicted octanol–water partition coefficient (Wildman–Crippen LogP) is -0.767. The first-order chi connectivity index (χ1) is 0. The standard InChI is InChI=1S/Al.Cr.Mg.Mn/q+3;3*+2. The average Bonchev–Trinajstić information content (AvgIpc) is 0. The van der Waals surface area contributed by atoms with Crippen LogP contribution in [0.3, 0.4) is 0 Å². The monoisotopic (exact) mass is 158 g/mol. The van der Waals surface area contributed by atoms with Crippen LogP contribution in [0.15, 0.2) is 0 Å². The summed E-state index contributed by atoms with van der Waals surface area (Å²) in [6.07, 6.45) is 0. The minimum absolute atomic E-state index is 0. The summed E-state index contributed by atoms with van der Waals surface area (Å²) in [6, 6.07) is 0. The molecule has 0 aromatic carbocycles. The van der Waals surface area contributed by atoms with E-state index < -0.39 is 0 Å². The minimum atomic E-state index is 0. The smallest absolute Gasteiger partial charge is 2.00 e. The summed E-state index contributed by atoms with van der Waals surface area (Å²) in [5.74, 6) is 0. The number of hydrogen-bond donors (Lipinski definition) is 0. The Balaban J connectivity index is 0. The van der Waals surface area contributed by atoms with Gasteiger partial charge in [-0.15, -0.1) is 0 Å². The van der Waals surface area contributed by atoms with Gasteiger partial charge in [-0.2, -0.15) is 0 Å². The van der Waals surface area contributed by atoms with E-state index in [1.807, 2.05) is 0 Å². The fraction of sp³-hybridized carbons (Fsp3) is 0. The second kappa shape index (κ2) is 18.3. The Morgan fingerprint density at radius 3 is 1.00 bits per heavy atom. The number of rotatable bonds is 0. The van der Waals surface area contributed by atoms with Gasteiger partial charge in [0.25, 0.3) is 0 Å². The Kier molecular flexibility index (Phi) is 151. The first kappa shape index (κ1) is 32.9. The van der Waals surface area contributed by atoms with E-state index in [0.29, 0.717) is 0 Å². The summed E-state index contributed by atoms with van der Waals surface area (Å²) in [6.45, 7) is 0. The van der Waals surface area contributed by atoms with Gasteiger partial charge in [0.05, 0.1) is 0 Å². The quantitative estimate of drug-likeness (QED) is 0.406. The van der Waals surface area contributed by atoms with Crippen LogP contribution in [0.2, 0.25) is 0 Å². The molecule has 0 saturated carbocycles. The molecule has 0 aromatic heterocycles. The van der Waals surface area contributed by atoms with Crippen molar-refractivity contribution in [2.75, 3.05) is 0 Å². The van der Waals surface area contributed by atoms with Gasteiger partial charge in [0.1, 0.15) is 0 Å². The van der Waals surface area contributed by atoms with E-state index in [-0.39, 0.29) is 74.8 Å². The molecule has 0 bridgehead atoms. The van der Waals surface area contributed by atoms with Crippen molar-refractivity contribution in [1.29, 1.82) is 0 Å². The zero-order valence-electron chi connectivity index (χ0n) is 2.07. The Morgan fingerprint density at radius 2 is 1.00 bits per heavy atom. The summed E-state index contributed by atoms with van der Waals surface area (Å²) >= 11 is 0. The number of hydrogen-bond acceptors (Lipinski definition) is 0. The van der Waals surface area contributed by atoms with Crippen LogP contribution in [-0.4, -0.2) is 40.4 Å². The van der Waals surface area contributed by atoms with Gasteiger partial charge in [0, 0.05) is 0 Å². The summed E-state index contributed by atoms with van der Waals surface area (Å²) in [5.41, 5.74) is 0. The van der Waals surface area contributed by atoms with E-state index >= 15 is 0 Å². The third kappa shape index (κ3) is 8.84. The van der Waals surface area contributed by atoms with Gasteiger partial charge in [-0.1, -0.05) is 0 Å². The maximum Gasteiger partial charge on any atom is 3.00 e. The van der Waals surface area contributed by atoms with Crippen LogP contribution in [0.1, 0.15) is 0 Å². The van der Waals surface area contributed by atoms with Crippen molar-refractivity contribution < 1.29 is 34.4 Å². The van der Waals surface area contributed by atoms with Crippen LogP contribution in [-0.2, 0) is 34.4 Å². The molecule has 0 rings (SSSR count). The van der Waals surface area contributed by atoms with Gasteiger partial charge in [-0.25, -0.2) is 0 Å². The molecule has 0 N–H and O–H groups in total. The zero-order chi connectivity index (χ0) is 0. The van der Waals surface area contributed by atoms with Gasteiger partial charge in [0.2, 0.25) is 0 Å². The van der Waals surface area contributed by atoms with Crippen molar-refractivity contribution >= 4 is 40.4 Å². The maximum absolute atomic E-state index is 0. The summed E-state index contributed by atoms with van der Waals surface area (Å²) in [4.78, 5) is 0. The van der Waals surface area contributed by atoms with Crippen LogP contribution in [0.25, 0.3) is 0 Å². The van der Waals surface area contributed by atoms with Crippen molar-refractivity contribution in [3.05, 3.63) is 0 Å². The fourth-order valence-corrected chi connectivity index (χ4v) is 0. The molecule has 0 aliphatic carbocycles. The Hall–Kier alpha value is 2.35. The molecule has 0 unspecified atom stereocenters. The Bertz CT molecular complexity index is 8.00. The normalized spacial score (nSPS) is 0. The van der Waals surface area contributed by atoms with E-state index in [1.165, 1.54) is 0 Å². The molecule has 0 amide bonds. The van der Waals surface area contributed by atoms with Crippen molar-refractivity contribution in [3.8, 4) is 0 Å². The second-order valence-electron chi connectivity index (χ2n) is 0. The van der Waals surface area contributed by atoms with Crippen LogP contribution in [0.5, 0.6) is 0 Å². The largest absolute Gasteiger partial charge is 3.00 e. The molecule has 0 heterocycles. The molecule has 0 aliphatic heterocycles. The van der Waals surface area contributed by atoms with Crippen LogP contribution in [0.4, 0.5) is 0 Å². The molecule has 0 atom stereocenters. The minimum Gasteiger partial charge on any atom is 2.00 e. The van der Waals surface area contributed by atoms with Crippen LogP contribution in [0, 0.1) is 0 Å². The molecule has 0 spiro atoms. The van der Waals surface area contributed by atoms with E-state index in [0.717, 1.165) is 0 Å². The summed E-state index contributed by atoms with van der Waals surface area (Å²) in [7, 11) is 0. The molecule has 4 heteroatoms. The maximum atomic E-state index is 0. The molecule has 0 aromatic rings. The van der Waals surface area contributed by atoms with Gasteiger partial charge < -0.3 is 0 Å². The second-order valence-corrected chi connectivity index (χ2v) is 0. The first-order valence-electron chi connectivity index (χ1n) is 0. The van der Waals surface area contributed by atoms with Crippen molar-refractivity contribution in [2.45, 2.75) is 0 Å². The molecule has 9 valence electrons. The van der Waals surface area contributed by atoms with Gasteiger partial charge in [-0.3, -0.25) is 0 Å². The van der Waals surface area contributed by atoms with Crippen molar-refractivity contribution in [2.24, 2.45) is 0 Å². The third-order valence-corrected chi connectivity index (χ3v) is 0. The molecule has 4 heavy (non-hydrogen) atoms. The third-order valence-electron chi connectivity index (χ3n) is 0. The average molecular weight is 158 g/mol. The van der Waals surface area contributed by atoms with E-state index in [1.54, 1.807) is 0 Å². The van der Waals surface area contributed by atoms with Gasteiger partial charge >= 0.3 is 74.8 Å². The van der Waals surface area contributed by atoms with E-state index in [9.17, 15) is 0 Å². The van der Waals surface area contributed by atoms with Crippen LogP contribution >= 0.6 is 0 Å². The van der Waals surface area contributed by atoms with Crippen LogP contribution < -0.4 is 0 Å². The van der Waals surface area contributed by atoms with E-state index in [4.69, 9.17) is 0 Å². The summed E-state index contributed by atoms with van der Waals surface area (Å²) in [5, 5.41) is 0. The first-order valence-corrected chi connectivity index (χ1v) is 0. The topological polar surface area (TPSA) is 0 Å². The SMILES string of the molecule is [Al+3].[Cr+2].[Mg+2].[Mn+2].